The quantitative estimate of drug-likeness (QED) is 0.420. The Hall–Kier alpha value is -2.34. The lowest BCUT2D eigenvalue weighted by atomic mass is 10.0. The molecule has 7 heteroatoms. The number of ether oxygens (including phenoxy) is 1. The number of halogens is 2. The number of hydrogen-bond acceptors (Lipinski definition) is 4. The standard InChI is InChI=1S/C23H19Cl2NO3S/c1-2-29-23(28)20-19(14-5-9-16(25)10-6-14)12-30-22(20)26-21(27)18-11-17(18)13-3-7-15(24)8-4-13/h3-10,12,17-18H,2,11H2,1H3,(H,26,27). The number of thiophene rings is 1. The third-order valence-electron chi connectivity index (χ3n) is 5.09. The van der Waals surface area contributed by atoms with Crippen LogP contribution in [0.15, 0.2) is 53.9 Å². The summed E-state index contributed by atoms with van der Waals surface area (Å²) in [6.07, 6.45) is 0.775. The molecule has 4 rings (SSSR count). The van der Waals surface area contributed by atoms with Crippen molar-refractivity contribution in [2.24, 2.45) is 5.92 Å². The lowest BCUT2D eigenvalue weighted by molar-refractivity contribution is -0.117. The van der Waals surface area contributed by atoms with Crippen molar-refractivity contribution < 1.29 is 14.3 Å². The van der Waals surface area contributed by atoms with Crippen LogP contribution in [0.5, 0.6) is 0 Å². The van der Waals surface area contributed by atoms with E-state index in [1.54, 1.807) is 19.1 Å². The molecule has 2 unspecified atom stereocenters. The first-order valence-electron chi connectivity index (χ1n) is 9.58. The van der Waals surface area contributed by atoms with Gasteiger partial charge in [0.2, 0.25) is 5.91 Å². The highest BCUT2D eigenvalue weighted by atomic mass is 35.5. The van der Waals surface area contributed by atoms with Gasteiger partial charge in [0, 0.05) is 26.9 Å². The fourth-order valence-corrected chi connectivity index (χ4v) is 4.68. The van der Waals surface area contributed by atoms with E-state index in [-0.39, 0.29) is 24.3 Å². The van der Waals surface area contributed by atoms with Gasteiger partial charge >= 0.3 is 5.97 Å². The first kappa shape index (κ1) is 20.9. The minimum atomic E-state index is -0.455. The molecule has 2 atom stereocenters. The number of amides is 1. The predicted molar refractivity (Wildman–Crippen MR) is 122 cm³/mol. The van der Waals surface area contributed by atoms with Crippen LogP contribution < -0.4 is 5.32 Å². The van der Waals surface area contributed by atoms with Crippen LogP contribution >= 0.6 is 34.5 Å². The van der Waals surface area contributed by atoms with Crippen molar-refractivity contribution in [3.8, 4) is 11.1 Å². The van der Waals surface area contributed by atoms with Gasteiger partial charge in [-0.2, -0.15) is 0 Å². The van der Waals surface area contributed by atoms with E-state index < -0.39 is 5.97 Å². The Bertz CT molecular complexity index is 1080. The van der Waals surface area contributed by atoms with E-state index in [0.29, 0.717) is 20.6 Å². The first-order valence-corrected chi connectivity index (χ1v) is 11.2. The minimum Gasteiger partial charge on any atom is -0.462 e. The molecule has 0 radical (unpaired) electrons. The van der Waals surface area contributed by atoms with Crippen LogP contribution in [0.4, 0.5) is 5.00 Å². The fourth-order valence-electron chi connectivity index (χ4n) is 3.47. The number of esters is 1. The maximum Gasteiger partial charge on any atom is 0.341 e. The summed E-state index contributed by atoms with van der Waals surface area (Å²) in [5.41, 5.74) is 3.03. The highest BCUT2D eigenvalue weighted by molar-refractivity contribution is 7.15. The average Bonchev–Trinajstić information content (AvgIpc) is 3.43. The second kappa shape index (κ2) is 8.80. The van der Waals surface area contributed by atoms with Crippen LogP contribution in [0.25, 0.3) is 11.1 Å². The Kier molecular flexibility index (Phi) is 6.14. The average molecular weight is 460 g/mol. The van der Waals surface area contributed by atoms with Gasteiger partial charge in [0.25, 0.3) is 0 Å². The molecule has 3 aromatic rings. The molecule has 0 spiro atoms. The highest BCUT2D eigenvalue weighted by Gasteiger charge is 2.44. The van der Waals surface area contributed by atoms with Gasteiger partial charge in [0.15, 0.2) is 0 Å². The van der Waals surface area contributed by atoms with Crippen LogP contribution in [0.2, 0.25) is 10.0 Å². The van der Waals surface area contributed by atoms with Gasteiger partial charge in [-0.3, -0.25) is 4.79 Å². The van der Waals surface area contributed by atoms with E-state index in [2.05, 4.69) is 5.32 Å². The Morgan fingerprint density at radius 2 is 1.70 bits per heavy atom. The Morgan fingerprint density at radius 1 is 1.07 bits per heavy atom. The Balaban J connectivity index is 1.56. The second-order valence-corrected chi connectivity index (χ2v) is 8.82. The highest BCUT2D eigenvalue weighted by Crippen LogP contribution is 2.48. The maximum atomic E-state index is 12.8. The number of carbonyl (C=O) groups is 2. The Labute approximate surface area is 188 Å². The fraction of sp³-hybridized carbons (Fsp3) is 0.217. The van der Waals surface area contributed by atoms with Gasteiger partial charge in [-0.1, -0.05) is 47.5 Å². The summed E-state index contributed by atoms with van der Waals surface area (Å²) < 4.78 is 5.25. The molecule has 1 aliphatic rings. The molecule has 0 aliphatic heterocycles. The lowest BCUT2D eigenvalue weighted by Crippen LogP contribution is -2.16. The summed E-state index contributed by atoms with van der Waals surface area (Å²) >= 11 is 13.3. The van der Waals surface area contributed by atoms with Gasteiger partial charge in [-0.15, -0.1) is 11.3 Å². The zero-order valence-electron chi connectivity index (χ0n) is 16.2. The molecule has 1 saturated carbocycles. The summed E-state index contributed by atoms with van der Waals surface area (Å²) in [5.74, 6) is -0.500. The second-order valence-electron chi connectivity index (χ2n) is 7.07. The zero-order valence-corrected chi connectivity index (χ0v) is 18.5. The largest absolute Gasteiger partial charge is 0.462 e. The van der Waals surface area contributed by atoms with Gasteiger partial charge in [-0.25, -0.2) is 4.79 Å². The van der Waals surface area contributed by atoms with Crippen LogP contribution in [0.3, 0.4) is 0 Å². The van der Waals surface area contributed by atoms with Crippen molar-refractivity contribution in [3.05, 3.63) is 75.1 Å². The van der Waals surface area contributed by atoms with Gasteiger partial charge in [-0.05, 0) is 54.7 Å². The smallest absolute Gasteiger partial charge is 0.341 e. The molecular weight excluding hydrogens is 441 g/mol. The Morgan fingerprint density at radius 3 is 2.33 bits per heavy atom. The van der Waals surface area contributed by atoms with Crippen molar-refractivity contribution >= 4 is 51.4 Å². The van der Waals surface area contributed by atoms with Crippen LogP contribution in [0, 0.1) is 5.92 Å². The van der Waals surface area contributed by atoms with Gasteiger partial charge < -0.3 is 10.1 Å². The monoisotopic (exact) mass is 459 g/mol. The molecule has 1 aromatic heterocycles. The van der Waals surface area contributed by atoms with Crippen molar-refractivity contribution in [3.63, 3.8) is 0 Å². The first-order chi connectivity index (χ1) is 14.5. The summed E-state index contributed by atoms with van der Waals surface area (Å²) in [5, 5.41) is 6.60. The summed E-state index contributed by atoms with van der Waals surface area (Å²) in [7, 11) is 0. The molecule has 154 valence electrons. The number of benzene rings is 2. The van der Waals surface area contributed by atoms with E-state index >= 15 is 0 Å². The van der Waals surface area contributed by atoms with Crippen molar-refractivity contribution in [1.29, 1.82) is 0 Å². The lowest BCUT2D eigenvalue weighted by Gasteiger charge is -2.09. The van der Waals surface area contributed by atoms with Crippen molar-refractivity contribution in [2.75, 3.05) is 11.9 Å². The molecule has 1 heterocycles. The SMILES string of the molecule is CCOC(=O)c1c(-c2ccc(Cl)cc2)csc1NC(=O)C1CC1c1ccc(Cl)cc1. The van der Waals surface area contributed by atoms with Crippen LogP contribution in [-0.4, -0.2) is 18.5 Å². The molecule has 1 aliphatic carbocycles. The third-order valence-corrected chi connectivity index (χ3v) is 6.49. The third kappa shape index (κ3) is 4.38. The van der Waals surface area contributed by atoms with E-state index in [1.807, 2.05) is 41.8 Å². The van der Waals surface area contributed by atoms with E-state index in [4.69, 9.17) is 27.9 Å². The van der Waals surface area contributed by atoms with Crippen molar-refractivity contribution in [2.45, 2.75) is 19.3 Å². The van der Waals surface area contributed by atoms with Crippen LogP contribution in [0.1, 0.15) is 35.2 Å². The summed E-state index contributed by atoms with van der Waals surface area (Å²) in [6.45, 7) is 2.01. The number of nitrogens with one attached hydrogen (secondary N) is 1. The molecule has 1 fully saturated rings. The molecule has 0 saturated heterocycles. The maximum absolute atomic E-state index is 12.8. The molecule has 0 bridgehead atoms. The summed E-state index contributed by atoms with van der Waals surface area (Å²) in [4.78, 5) is 25.5. The molecule has 1 N–H and O–H groups in total. The number of rotatable bonds is 6. The van der Waals surface area contributed by atoms with Crippen LogP contribution in [-0.2, 0) is 9.53 Å². The molecule has 2 aromatic carbocycles. The van der Waals surface area contributed by atoms with Gasteiger partial charge in [0.1, 0.15) is 10.6 Å². The molecule has 4 nitrogen and oxygen atoms in total. The van der Waals surface area contributed by atoms with E-state index in [9.17, 15) is 9.59 Å². The zero-order chi connectivity index (χ0) is 21.3. The number of carbonyl (C=O) groups excluding carboxylic acids is 2. The normalized spacial score (nSPS) is 17.4. The van der Waals surface area contributed by atoms with E-state index in [0.717, 1.165) is 23.1 Å². The van der Waals surface area contributed by atoms with E-state index in [1.165, 1.54) is 11.3 Å². The predicted octanol–water partition coefficient (Wildman–Crippen LogP) is 6.64. The van der Waals surface area contributed by atoms with Gasteiger partial charge in [0.05, 0.1) is 6.61 Å². The van der Waals surface area contributed by atoms with Crippen molar-refractivity contribution in [1.82, 2.24) is 0 Å². The molecule has 30 heavy (non-hydrogen) atoms. The summed E-state index contributed by atoms with van der Waals surface area (Å²) in [6, 6.07) is 14.8. The number of hydrogen-bond donors (Lipinski definition) is 1. The molecular formula is C23H19Cl2NO3S. The topological polar surface area (TPSA) is 55.4 Å². The molecule has 1 amide bonds. The minimum absolute atomic E-state index is 0.0926. The number of anilines is 1.